The van der Waals surface area contributed by atoms with Crippen LogP contribution in [0.5, 0.6) is 11.6 Å². The van der Waals surface area contributed by atoms with Crippen LogP contribution in [0.15, 0.2) is 18.2 Å². The molecular formula is C30H45FN8O2. The number of anilines is 2. The van der Waals surface area contributed by atoms with Crippen molar-refractivity contribution in [1.82, 2.24) is 30.3 Å². The zero-order chi connectivity index (χ0) is 29.1. The molecule has 0 radical (unpaired) electrons. The Kier molecular flexibility index (Phi) is 8.94. The lowest BCUT2D eigenvalue weighted by atomic mass is 9.72. The van der Waals surface area contributed by atoms with Gasteiger partial charge in [-0.05, 0) is 104 Å². The second kappa shape index (κ2) is 12.4. The maximum Gasteiger partial charge on any atom is 0.282 e. The van der Waals surface area contributed by atoms with E-state index in [1.807, 2.05) is 27.7 Å². The monoisotopic (exact) mass is 568 g/mol. The molecule has 0 aliphatic carbocycles. The van der Waals surface area contributed by atoms with Gasteiger partial charge in [-0.1, -0.05) is 0 Å². The number of halogens is 1. The van der Waals surface area contributed by atoms with Crippen LogP contribution in [0.1, 0.15) is 63.7 Å². The first kappa shape index (κ1) is 29.4. The van der Waals surface area contributed by atoms with E-state index < -0.39 is 5.82 Å². The molecule has 11 heteroatoms. The summed E-state index contributed by atoms with van der Waals surface area (Å²) in [6, 6.07) is 3.88. The Morgan fingerprint density at radius 3 is 2.46 bits per heavy atom. The highest BCUT2D eigenvalue weighted by atomic mass is 19.1. The number of hydrogen-bond acceptors (Lipinski definition) is 9. The molecule has 5 rings (SSSR count). The minimum atomic E-state index is -0.501. The highest BCUT2D eigenvalue weighted by Crippen LogP contribution is 2.45. The molecule has 1 aromatic heterocycles. The lowest BCUT2D eigenvalue weighted by Gasteiger charge is -2.54. The average molecular weight is 569 g/mol. The molecule has 4 heterocycles. The molecule has 0 saturated carbocycles. The van der Waals surface area contributed by atoms with Crippen molar-refractivity contribution in [2.45, 2.75) is 65.5 Å². The summed E-state index contributed by atoms with van der Waals surface area (Å²) in [5.74, 6) is 1.44. The molecule has 1 spiro atoms. The summed E-state index contributed by atoms with van der Waals surface area (Å²) in [5.41, 5.74) is 0.414. The van der Waals surface area contributed by atoms with E-state index in [1.165, 1.54) is 50.4 Å². The predicted molar refractivity (Wildman–Crippen MR) is 158 cm³/mol. The van der Waals surface area contributed by atoms with E-state index >= 15 is 0 Å². The average Bonchev–Trinajstić information content (AvgIpc) is 2.93. The number of nitrogens with zero attached hydrogens (tertiary/aromatic N) is 6. The third kappa shape index (κ3) is 6.56. The summed E-state index contributed by atoms with van der Waals surface area (Å²) in [6.45, 7) is 15.3. The standard InChI is InChI=1S/C30H45FN8O2/c1-20(2)39(21(3)4)28(40)24-16-23(31)6-7-25(24)41-27-26(34-29(32-5)36-35-27)38-18-30(19-38)10-14-37(15-11-30)17-22-8-12-33-13-9-22/h6-7,16,20-22,33H,8-15,17-19H2,1-5H3,(H,32,34,36). The molecule has 41 heavy (non-hydrogen) atoms. The van der Waals surface area contributed by atoms with E-state index in [0.29, 0.717) is 11.8 Å². The van der Waals surface area contributed by atoms with Crippen LogP contribution in [-0.2, 0) is 0 Å². The van der Waals surface area contributed by atoms with Crippen LogP contribution in [0.4, 0.5) is 16.2 Å². The van der Waals surface area contributed by atoms with Crippen LogP contribution in [0.3, 0.4) is 0 Å². The fraction of sp³-hybridized carbons (Fsp3) is 0.667. The van der Waals surface area contributed by atoms with Gasteiger partial charge in [0.05, 0.1) is 5.56 Å². The number of carbonyl (C=O) groups excluding carboxylic acids is 1. The number of amides is 1. The smallest absolute Gasteiger partial charge is 0.282 e. The van der Waals surface area contributed by atoms with Gasteiger partial charge in [0.1, 0.15) is 11.6 Å². The second-order valence-electron chi connectivity index (χ2n) is 12.5. The van der Waals surface area contributed by atoms with E-state index in [0.717, 1.165) is 45.2 Å². The van der Waals surface area contributed by atoms with Crippen LogP contribution in [-0.4, -0.2) is 95.8 Å². The molecule has 2 N–H and O–H groups in total. The second-order valence-corrected chi connectivity index (χ2v) is 12.5. The number of piperidine rings is 2. The third-order valence-corrected chi connectivity index (χ3v) is 8.83. The van der Waals surface area contributed by atoms with Gasteiger partial charge in [0.25, 0.3) is 11.8 Å². The normalized spacial score (nSPS) is 19.5. The first-order valence-corrected chi connectivity index (χ1v) is 15.1. The molecule has 3 aliphatic heterocycles. The topological polar surface area (TPSA) is 98.8 Å². The molecule has 2 aromatic rings. The van der Waals surface area contributed by atoms with Crippen molar-refractivity contribution in [2.75, 3.05) is 63.1 Å². The predicted octanol–water partition coefficient (Wildman–Crippen LogP) is 4.01. The first-order valence-electron chi connectivity index (χ1n) is 15.1. The molecule has 1 aromatic carbocycles. The van der Waals surface area contributed by atoms with Gasteiger partial charge in [0.15, 0.2) is 5.82 Å². The van der Waals surface area contributed by atoms with Crippen molar-refractivity contribution >= 4 is 17.7 Å². The van der Waals surface area contributed by atoms with Crippen LogP contribution < -0.4 is 20.3 Å². The number of likely N-dealkylation sites (tertiary alicyclic amines) is 1. The van der Waals surface area contributed by atoms with Crippen molar-refractivity contribution in [1.29, 1.82) is 0 Å². The molecule has 3 saturated heterocycles. The van der Waals surface area contributed by atoms with Gasteiger partial charge in [-0.3, -0.25) is 4.79 Å². The van der Waals surface area contributed by atoms with E-state index in [9.17, 15) is 9.18 Å². The van der Waals surface area contributed by atoms with Gasteiger partial charge in [0, 0.05) is 44.2 Å². The van der Waals surface area contributed by atoms with Gasteiger partial charge in [-0.25, -0.2) is 4.39 Å². The van der Waals surface area contributed by atoms with Crippen molar-refractivity contribution in [3.63, 3.8) is 0 Å². The molecule has 3 aliphatic rings. The van der Waals surface area contributed by atoms with Gasteiger partial charge >= 0.3 is 0 Å². The van der Waals surface area contributed by atoms with Crippen molar-refractivity contribution in [2.24, 2.45) is 11.3 Å². The van der Waals surface area contributed by atoms with E-state index in [-0.39, 0.29) is 40.6 Å². The number of ether oxygens (including phenoxy) is 1. The quantitative estimate of drug-likeness (QED) is 0.465. The number of benzene rings is 1. The van der Waals surface area contributed by atoms with Gasteiger partial charge in [-0.2, -0.15) is 4.98 Å². The van der Waals surface area contributed by atoms with Crippen molar-refractivity contribution in [3.05, 3.63) is 29.6 Å². The summed E-state index contributed by atoms with van der Waals surface area (Å²) in [6.07, 6.45) is 4.89. The van der Waals surface area contributed by atoms with Gasteiger partial charge in [0.2, 0.25) is 5.95 Å². The Morgan fingerprint density at radius 1 is 1.15 bits per heavy atom. The molecule has 3 fully saturated rings. The Morgan fingerprint density at radius 2 is 1.83 bits per heavy atom. The highest BCUT2D eigenvalue weighted by Gasteiger charge is 2.46. The molecule has 224 valence electrons. The van der Waals surface area contributed by atoms with Gasteiger partial charge in [-0.15, -0.1) is 10.2 Å². The van der Waals surface area contributed by atoms with Crippen LogP contribution in [0.25, 0.3) is 0 Å². The third-order valence-electron chi connectivity index (χ3n) is 8.83. The van der Waals surface area contributed by atoms with Crippen LogP contribution in [0.2, 0.25) is 0 Å². The highest BCUT2D eigenvalue weighted by molar-refractivity contribution is 5.97. The Hall–Kier alpha value is -3.05. The molecule has 0 unspecified atom stereocenters. The first-order chi connectivity index (χ1) is 19.7. The van der Waals surface area contributed by atoms with Gasteiger partial charge < -0.3 is 30.1 Å². The fourth-order valence-corrected chi connectivity index (χ4v) is 6.62. The summed E-state index contributed by atoms with van der Waals surface area (Å²) >= 11 is 0. The summed E-state index contributed by atoms with van der Waals surface area (Å²) < 4.78 is 20.6. The van der Waals surface area contributed by atoms with E-state index in [2.05, 4.69) is 30.6 Å². The summed E-state index contributed by atoms with van der Waals surface area (Å²) in [4.78, 5) is 24.8. The SMILES string of the molecule is CNc1nnc(Oc2ccc(F)cc2C(=O)N(C(C)C)C(C)C)c(N2CC3(CCN(CC4CCNCC4)CC3)C2)n1. The van der Waals surface area contributed by atoms with Crippen LogP contribution >= 0.6 is 0 Å². The fourth-order valence-electron chi connectivity index (χ4n) is 6.62. The number of hydrogen-bond donors (Lipinski definition) is 2. The maximum atomic E-state index is 14.4. The zero-order valence-corrected chi connectivity index (χ0v) is 25.1. The lowest BCUT2D eigenvalue weighted by Crippen LogP contribution is -2.61. The lowest BCUT2D eigenvalue weighted by molar-refractivity contribution is 0.0633. The summed E-state index contributed by atoms with van der Waals surface area (Å²) in [7, 11) is 1.75. The molecule has 0 atom stereocenters. The largest absolute Gasteiger partial charge is 0.434 e. The maximum absolute atomic E-state index is 14.4. The molecular weight excluding hydrogens is 523 g/mol. The Bertz CT molecular complexity index is 1190. The molecule has 0 bridgehead atoms. The minimum absolute atomic E-state index is 0.0612. The van der Waals surface area contributed by atoms with Crippen molar-refractivity contribution < 1.29 is 13.9 Å². The number of carbonyl (C=O) groups is 1. The van der Waals surface area contributed by atoms with Crippen molar-refractivity contribution in [3.8, 4) is 11.6 Å². The number of nitrogens with one attached hydrogen (secondary N) is 2. The number of aromatic nitrogens is 3. The summed E-state index contributed by atoms with van der Waals surface area (Å²) in [5, 5.41) is 14.9. The van der Waals surface area contributed by atoms with E-state index in [4.69, 9.17) is 9.72 Å². The van der Waals surface area contributed by atoms with E-state index in [1.54, 1.807) is 11.9 Å². The molecule has 10 nitrogen and oxygen atoms in total. The van der Waals surface area contributed by atoms with Crippen LogP contribution in [0, 0.1) is 17.2 Å². The Labute approximate surface area is 243 Å². The molecule has 1 amide bonds. The zero-order valence-electron chi connectivity index (χ0n) is 25.1. The minimum Gasteiger partial charge on any atom is -0.434 e. The number of rotatable bonds is 9. The Balaban J connectivity index is 1.31.